The van der Waals surface area contributed by atoms with Crippen LogP contribution in [0.25, 0.3) is 0 Å². The Morgan fingerprint density at radius 1 is 0.800 bits per heavy atom. The van der Waals surface area contributed by atoms with Gasteiger partial charge in [0.15, 0.2) is 29.6 Å². The molecule has 8 heteroatoms. The first kappa shape index (κ1) is 16.6. The van der Waals surface area contributed by atoms with Gasteiger partial charge in [-0.1, -0.05) is 0 Å². The number of anilines is 1. The Labute approximate surface area is 112 Å². The van der Waals surface area contributed by atoms with E-state index in [0.29, 0.717) is 0 Å². The van der Waals surface area contributed by atoms with Gasteiger partial charge in [-0.25, -0.2) is 22.0 Å². The summed E-state index contributed by atoms with van der Waals surface area (Å²) in [7, 11) is 0. The van der Waals surface area contributed by atoms with Gasteiger partial charge >= 0.3 is 0 Å². The largest absolute Gasteiger partial charge is 0.375 e. The lowest BCUT2D eigenvalue weighted by Gasteiger charge is -2.18. The smallest absolute Gasteiger partial charge is 0.200 e. The molecule has 0 bridgehead atoms. The van der Waals surface area contributed by atoms with E-state index in [1.165, 1.54) is 0 Å². The number of halogens is 5. The second kappa shape index (κ2) is 7.39. The minimum Gasteiger partial charge on any atom is -0.375 e. The molecular weight excluding hydrogens is 285 g/mol. The molecule has 0 heterocycles. The summed E-state index contributed by atoms with van der Waals surface area (Å²) in [6.07, 6.45) is -0.861. The van der Waals surface area contributed by atoms with E-state index >= 15 is 0 Å². The number of ether oxygens (including phenoxy) is 2. The van der Waals surface area contributed by atoms with E-state index in [-0.39, 0.29) is 19.8 Å². The van der Waals surface area contributed by atoms with E-state index in [1.54, 1.807) is 13.8 Å². The highest BCUT2D eigenvalue weighted by atomic mass is 19.2. The van der Waals surface area contributed by atoms with Gasteiger partial charge in [-0.05, 0) is 13.8 Å². The van der Waals surface area contributed by atoms with Crippen molar-refractivity contribution in [3.63, 3.8) is 0 Å². The number of rotatable bonds is 7. The molecule has 1 rings (SSSR count). The molecule has 114 valence electrons. The standard InChI is InChI=1S/C12H14F5NO2/c1-3-19-6(20-4-2)5-18-12-10(16)8(14)7(13)9(15)11(12)17/h6,18H,3-5H2,1-2H3. The molecule has 0 aliphatic carbocycles. The first-order valence-electron chi connectivity index (χ1n) is 5.92. The van der Waals surface area contributed by atoms with Crippen molar-refractivity contribution in [3.05, 3.63) is 29.1 Å². The van der Waals surface area contributed by atoms with Crippen molar-refractivity contribution in [2.24, 2.45) is 0 Å². The second-order valence-electron chi connectivity index (χ2n) is 3.67. The lowest BCUT2D eigenvalue weighted by molar-refractivity contribution is -0.126. The van der Waals surface area contributed by atoms with Crippen LogP contribution in [0.5, 0.6) is 0 Å². The number of hydrogen-bond donors (Lipinski definition) is 1. The quantitative estimate of drug-likeness (QED) is 0.363. The average molecular weight is 299 g/mol. The molecule has 0 aliphatic heterocycles. The summed E-state index contributed by atoms with van der Waals surface area (Å²) in [5, 5.41) is 2.11. The Morgan fingerprint density at radius 3 is 1.60 bits per heavy atom. The summed E-state index contributed by atoms with van der Waals surface area (Å²) < 4.78 is 75.6. The highest BCUT2D eigenvalue weighted by Crippen LogP contribution is 2.27. The monoisotopic (exact) mass is 299 g/mol. The fourth-order valence-electron chi connectivity index (χ4n) is 1.48. The molecule has 0 saturated carbocycles. The second-order valence-corrected chi connectivity index (χ2v) is 3.67. The van der Waals surface area contributed by atoms with E-state index < -0.39 is 41.1 Å². The van der Waals surface area contributed by atoms with E-state index in [2.05, 4.69) is 5.32 Å². The Kier molecular flexibility index (Phi) is 6.15. The average Bonchev–Trinajstić information content (AvgIpc) is 2.43. The Morgan fingerprint density at radius 2 is 1.20 bits per heavy atom. The topological polar surface area (TPSA) is 30.5 Å². The predicted molar refractivity (Wildman–Crippen MR) is 61.8 cm³/mol. The molecule has 20 heavy (non-hydrogen) atoms. The first-order valence-corrected chi connectivity index (χ1v) is 5.92. The van der Waals surface area contributed by atoms with Crippen LogP contribution >= 0.6 is 0 Å². The minimum atomic E-state index is -2.20. The molecule has 0 spiro atoms. The summed E-state index contributed by atoms with van der Waals surface area (Å²) in [6.45, 7) is 3.61. The maximum absolute atomic E-state index is 13.4. The molecule has 0 atom stereocenters. The summed E-state index contributed by atoms with van der Waals surface area (Å²) in [5.74, 6) is -10.1. The third-order valence-corrected chi connectivity index (χ3v) is 2.36. The van der Waals surface area contributed by atoms with Crippen LogP contribution in [0.2, 0.25) is 0 Å². The maximum atomic E-state index is 13.4. The summed E-state index contributed by atoms with van der Waals surface area (Å²) in [4.78, 5) is 0. The van der Waals surface area contributed by atoms with Crippen molar-refractivity contribution in [2.75, 3.05) is 25.1 Å². The number of hydrogen-bond acceptors (Lipinski definition) is 3. The molecule has 1 N–H and O–H groups in total. The van der Waals surface area contributed by atoms with Gasteiger partial charge in [-0.2, -0.15) is 0 Å². The fourth-order valence-corrected chi connectivity index (χ4v) is 1.48. The zero-order valence-electron chi connectivity index (χ0n) is 10.9. The van der Waals surface area contributed by atoms with Gasteiger partial charge in [0.25, 0.3) is 0 Å². The Hall–Kier alpha value is -1.41. The lowest BCUT2D eigenvalue weighted by Crippen LogP contribution is -2.27. The van der Waals surface area contributed by atoms with Gasteiger partial charge in [-0.3, -0.25) is 0 Å². The van der Waals surface area contributed by atoms with Crippen molar-refractivity contribution in [3.8, 4) is 0 Å². The van der Waals surface area contributed by atoms with Crippen LogP contribution in [0, 0.1) is 29.1 Å². The van der Waals surface area contributed by atoms with E-state index in [1.807, 2.05) is 0 Å². The van der Waals surface area contributed by atoms with Crippen LogP contribution in [0.1, 0.15) is 13.8 Å². The van der Waals surface area contributed by atoms with Crippen LogP contribution in [0.3, 0.4) is 0 Å². The van der Waals surface area contributed by atoms with E-state index in [0.717, 1.165) is 0 Å². The Balaban J connectivity index is 2.92. The molecule has 3 nitrogen and oxygen atoms in total. The zero-order valence-corrected chi connectivity index (χ0v) is 10.9. The minimum absolute atomic E-state index is 0.264. The van der Waals surface area contributed by atoms with E-state index in [9.17, 15) is 22.0 Å². The molecule has 0 unspecified atom stereocenters. The molecule has 0 radical (unpaired) electrons. The normalized spacial score (nSPS) is 11.2. The molecule has 0 amide bonds. The molecule has 0 aliphatic rings. The Bertz CT molecular complexity index is 435. The molecular formula is C12H14F5NO2. The molecule has 1 aromatic carbocycles. The van der Waals surface area contributed by atoms with Crippen LogP contribution in [0.4, 0.5) is 27.6 Å². The SMILES string of the molecule is CCOC(CNc1c(F)c(F)c(F)c(F)c1F)OCC. The van der Waals surface area contributed by atoms with E-state index in [4.69, 9.17) is 9.47 Å². The number of benzene rings is 1. The molecule has 1 aromatic rings. The van der Waals surface area contributed by atoms with Gasteiger partial charge in [0.2, 0.25) is 5.82 Å². The first-order chi connectivity index (χ1) is 9.43. The fraction of sp³-hybridized carbons (Fsp3) is 0.500. The highest BCUT2D eigenvalue weighted by Gasteiger charge is 2.26. The summed E-state index contributed by atoms with van der Waals surface area (Å²) in [6, 6.07) is 0. The maximum Gasteiger partial charge on any atom is 0.200 e. The lowest BCUT2D eigenvalue weighted by atomic mass is 10.2. The summed E-state index contributed by atoms with van der Waals surface area (Å²) >= 11 is 0. The highest BCUT2D eigenvalue weighted by molar-refractivity contribution is 5.47. The summed E-state index contributed by atoms with van der Waals surface area (Å²) in [5.41, 5.74) is -1.11. The van der Waals surface area contributed by atoms with Gasteiger partial charge in [0.1, 0.15) is 5.69 Å². The molecule has 0 aromatic heterocycles. The zero-order chi connectivity index (χ0) is 15.3. The van der Waals surface area contributed by atoms with Crippen molar-refractivity contribution < 1.29 is 31.4 Å². The van der Waals surface area contributed by atoms with Crippen molar-refractivity contribution >= 4 is 5.69 Å². The van der Waals surface area contributed by atoms with Crippen LogP contribution < -0.4 is 5.32 Å². The van der Waals surface area contributed by atoms with Crippen LogP contribution in [-0.2, 0) is 9.47 Å². The number of nitrogens with one attached hydrogen (secondary N) is 1. The van der Waals surface area contributed by atoms with Crippen molar-refractivity contribution in [1.82, 2.24) is 0 Å². The molecule has 0 fully saturated rings. The van der Waals surface area contributed by atoms with Gasteiger partial charge in [0, 0.05) is 13.2 Å². The predicted octanol–water partition coefficient (Wildman–Crippen LogP) is 3.19. The van der Waals surface area contributed by atoms with Gasteiger partial charge < -0.3 is 14.8 Å². The third-order valence-electron chi connectivity index (χ3n) is 2.36. The van der Waals surface area contributed by atoms with Gasteiger partial charge in [-0.15, -0.1) is 0 Å². The third kappa shape index (κ3) is 3.57. The van der Waals surface area contributed by atoms with Crippen LogP contribution in [0.15, 0.2) is 0 Å². The van der Waals surface area contributed by atoms with Crippen molar-refractivity contribution in [2.45, 2.75) is 20.1 Å². The van der Waals surface area contributed by atoms with Crippen molar-refractivity contribution in [1.29, 1.82) is 0 Å². The van der Waals surface area contributed by atoms with Gasteiger partial charge in [0.05, 0.1) is 6.54 Å². The molecule has 0 saturated heterocycles. The van der Waals surface area contributed by atoms with Crippen LogP contribution in [-0.4, -0.2) is 26.0 Å².